The van der Waals surface area contributed by atoms with Gasteiger partial charge in [-0.2, -0.15) is 0 Å². The molecule has 0 radical (unpaired) electrons. The number of sulfonamides is 1. The van der Waals surface area contributed by atoms with E-state index in [4.69, 9.17) is 10.8 Å². The van der Waals surface area contributed by atoms with Gasteiger partial charge in [0.1, 0.15) is 0 Å². The van der Waals surface area contributed by atoms with Crippen molar-refractivity contribution in [1.82, 2.24) is 4.72 Å². The van der Waals surface area contributed by atoms with Crippen LogP contribution in [0.5, 0.6) is 0 Å². The standard InChI is InChI=1S/C11H17N3O4S/c1-19(17,18)14-6-2-5-13-8-3-4-10(12)9(7-8)11(15)16/h3-4,7,13-14H,2,5-6,12H2,1H3,(H,15,16). The van der Waals surface area contributed by atoms with Crippen molar-refractivity contribution in [3.8, 4) is 0 Å². The molecule has 0 atom stereocenters. The van der Waals surface area contributed by atoms with E-state index in [1.54, 1.807) is 6.07 Å². The van der Waals surface area contributed by atoms with E-state index < -0.39 is 16.0 Å². The molecule has 0 aliphatic rings. The molecule has 8 heteroatoms. The van der Waals surface area contributed by atoms with Crippen LogP contribution in [0.1, 0.15) is 16.8 Å². The van der Waals surface area contributed by atoms with Gasteiger partial charge in [-0.25, -0.2) is 17.9 Å². The minimum Gasteiger partial charge on any atom is -0.478 e. The number of hydrogen-bond acceptors (Lipinski definition) is 5. The highest BCUT2D eigenvalue weighted by Gasteiger charge is 2.08. The fraction of sp³-hybridized carbons (Fsp3) is 0.364. The molecule has 0 unspecified atom stereocenters. The number of carbonyl (C=O) groups is 1. The third-order valence-electron chi connectivity index (χ3n) is 2.33. The second-order valence-corrected chi connectivity index (χ2v) is 5.89. The molecule has 0 aliphatic heterocycles. The highest BCUT2D eigenvalue weighted by Crippen LogP contribution is 2.17. The maximum atomic E-state index is 10.9. The van der Waals surface area contributed by atoms with Crippen molar-refractivity contribution in [2.24, 2.45) is 0 Å². The van der Waals surface area contributed by atoms with Crippen molar-refractivity contribution in [3.05, 3.63) is 23.8 Å². The second kappa shape index (κ2) is 6.39. The molecule has 0 amide bonds. The van der Waals surface area contributed by atoms with Crippen LogP contribution >= 0.6 is 0 Å². The van der Waals surface area contributed by atoms with E-state index in [1.807, 2.05) is 0 Å². The first kappa shape index (κ1) is 15.3. The van der Waals surface area contributed by atoms with Crippen molar-refractivity contribution in [2.45, 2.75) is 6.42 Å². The van der Waals surface area contributed by atoms with Crippen LogP contribution in [0.2, 0.25) is 0 Å². The molecule has 1 aromatic rings. The summed E-state index contributed by atoms with van der Waals surface area (Å²) in [7, 11) is -3.16. The van der Waals surface area contributed by atoms with Crippen LogP contribution < -0.4 is 15.8 Å². The molecule has 19 heavy (non-hydrogen) atoms. The molecule has 7 nitrogen and oxygen atoms in total. The smallest absolute Gasteiger partial charge is 0.337 e. The maximum absolute atomic E-state index is 10.9. The molecular weight excluding hydrogens is 270 g/mol. The highest BCUT2D eigenvalue weighted by atomic mass is 32.2. The van der Waals surface area contributed by atoms with Gasteiger partial charge in [0, 0.05) is 24.5 Å². The second-order valence-electron chi connectivity index (χ2n) is 4.05. The van der Waals surface area contributed by atoms with Gasteiger partial charge in [0.15, 0.2) is 0 Å². The van der Waals surface area contributed by atoms with E-state index >= 15 is 0 Å². The summed E-state index contributed by atoms with van der Waals surface area (Å²) in [5.74, 6) is -1.08. The Labute approximate surface area is 111 Å². The molecule has 0 aliphatic carbocycles. The molecule has 0 saturated heterocycles. The van der Waals surface area contributed by atoms with Crippen molar-refractivity contribution in [2.75, 3.05) is 30.4 Å². The lowest BCUT2D eigenvalue weighted by molar-refractivity contribution is 0.0698. The molecule has 0 bridgehead atoms. The highest BCUT2D eigenvalue weighted by molar-refractivity contribution is 7.88. The number of nitrogens with two attached hydrogens (primary N) is 1. The Morgan fingerprint density at radius 2 is 2.05 bits per heavy atom. The fourth-order valence-corrected chi connectivity index (χ4v) is 1.95. The Balaban J connectivity index is 2.46. The lowest BCUT2D eigenvalue weighted by Gasteiger charge is -2.08. The van der Waals surface area contributed by atoms with E-state index in [0.717, 1.165) is 6.26 Å². The quantitative estimate of drug-likeness (QED) is 0.423. The fourth-order valence-electron chi connectivity index (χ4n) is 1.43. The molecule has 106 valence electrons. The Morgan fingerprint density at radius 3 is 2.63 bits per heavy atom. The number of aromatic carboxylic acids is 1. The zero-order valence-corrected chi connectivity index (χ0v) is 11.3. The van der Waals surface area contributed by atoms with Crippen LogP contribution in [0.4, 0.5) is 11.4 Å². The summed E-state index contributed by atoms with van der Waals surface area (Å²) in [6.45, 7) is 0.845. The predicted molar refractivity (Wildman–Crippen MR) is 73.8 cm³/mol. The Hall–Kier alpha value is -1.80. The minimum atomic E-state index is -3.16. The largest absolute Gasteiger partial charge is 0.478 e. The summed E-state index contributed by atoms with van der Waals surface area (Å²) in [6.07, 6.45) is 1.68. The first-order valence-electron chi connectivity index (χ1n) is 5.61. The van der Waals surface area contributed by atoms with Gasteiger partial charge in [0.2, 0.25) is 10.0 Å². The average Bonchev–Trinajstić information content (AvgIpc) is 2.29. The summed E-state index contributed by atoms with van der Waals surface area (Å²) in [5.41, 5.74) is 6.41. The van der Waals surface area contributed by atoms with Gasteiger partial charge < -0.3 is 16.2 Å². The third-order valence-corrected chi connectivity index (χ3v) is 3.06. The molecule has 0 spiro atoms. The Morgan fingerprint density at radius 1 is 1.37 bits per heavy atom. The molecule has 0 aromatic heterocycles. The lowest BCUT2D eigenvalue weighted by Crippen LogP contribution is -2.24. The van der Waals surface area contributed by atoms with Crippen molar-refractivity contribution < 1.29 is 18.3 Å². The topological polar surface area (TPSA) is 122 Å². The summed E-state index contributed by atoms with van der Waals surface area (Å²) in [4.78, 5) is 10.9. The van der Waals surface area contributed by atoms with Crippen LogP contribution in [0, 0.1) is 0 Å². The molecule has 0 saturated carbocycles. The van der Waals surface area contributed by atoms with E-state index in [-0.39, 0.29) is 11.3 Å². The van der Waals surface area contributed by atoms with E-state index in [9.17, 15) is 13.2 Å². The van der Waals surface area contributed by atoms with Gasteiger partial charge in [-0.1, -0.05) is 0 Å². The predicted octanol–water partition coefficient (Wildman–Crippen LogP) is 0.318. The molecule has 1 rings (SSSR count). The summed E-state index contributed by atoms with van der Waals surface area (Å²) >= 11 is 0. The first-order chi connectivity index (χ1) is 8.79. The zero-order valence-electron chi connectivity index (χ0n) is 10.5. The monoisotopic (exact) mass is 287 g/mol. The van der Waals surface area contributed by atoms with Crippen LogP contribution in [0.3, 0.4) is 0 Å². The van der Waals surface area contributed by atoms with Crippen molar-refractivity contribution in [3.63, 3.8) is 0 Å². The van der Waals surface area contributed by atoms with Gasteiger partial charge in [0.25, 0.3) is 0 Å². The van der Waals surface area contributed by atoms with Gasteiger partial charge in [0.05, 0.1) is 11.8 Å². The van der Waals surface area contributed by atoms with Gasteiger partial charge >= 0.3 is 5.97 Å². The lowest BCUT2D eigenvalue weighted by atomic mass is 10.1. The average molecular weight is 287 g/mol. The number of hydrogen-bond donors (Lipinski definition) is 4. The number of nitrogen functional groups attached to an aromatic ring is 1. The number of nitrogens with one attached hydrogen (secondary N) is 2. The molecular formula is C11H17N3O4S. The Kier molecular flexibility index (Phi) is 5.13. The molecule has 0 fully saturated rings. The first-order valence-corrected chi connectivity index (χ1v) is 7.50. The molecule has 5 N–H and O–H groups in total. The summed E-state index contributed by atoms with van der Waals surface area (Å²) < 4.78 is 24.0. The summed E-state index contributed by atoms with van der Waals surface area (Å²) in [6, 6.07) is 4.63. The number of carboxylic acid groups (broad SMARTS) is 1. The SMILES string of the molecule is CS(=O)(=O)NCCCNc1ccc(N)c(C(=O)O)c1. The van der Waals surface area contributed by atoms with Gasteiger partial charge in [-0.15, -0.1) is 0 Å². The van der Waals surface area contributed by atoms with Crippen LogP contribution in [0.25, 0.3) is 0 Å². The normalized spacial score (nSPS) is 11.2. The number of rotatable bonds is 7. The van der Waals surface area contributed by atoms with Crippen LogP contribution in [-0.2, 0) is 10.0 Å². The van der Waals surface area contributed by atoms with E-state index in [1.165, 1.54) is 12.1 Å². The molecule has 0 heterocycles. The zero-order chi connectivity index (χ0) is 14.5. The van der Waals surface area contributed by atoms with Crippen molar-refractivity contribution in [1.29, 1.82) is 0 Å². The number of anilines is 2. The minimum absolute atomic E-state index is 0.0410. The van der Waals surface area contributed by atoms with Crippen molar-refractivity contribution >= 4 is 27.4 Å². The summed E-state index contributed by atoms with van der Waals surface area (Å²) in [5, 5.41) is 11.9. The van der Waals surface area contributed by atoms with Crippen LogP contribution in [-0.4, -0.2) is 38.8 Å². The van der Waals surface area contributed by atoms with Gasteiger partial charge in [-0.3, -0.25) is 0 Å². The number of benzene rings is 1. The maximum Gasteiger partial charge on any atom is 0.337 e. The van der Waals surface area contributed by atoms with E-state index in [2.05, 4.69) is 10.0 Å². The van der Waals surface area contributed by atoms with E-state index in [0.29, 0.717) is 25.2 Å². The van der Waals surface area contributed by atoms with Gasteiger partial charge in [-0.05, 0) is 24.6 Å². The molecule has 1 aromatic carbocycles. The van der Waals surface area contributed by atoms with Crippen LogP contribution in [0.15, 0.2) is 18.2 Å². The Bertz CT molecular complexity index is 557. The third kappa shape index (κ3) is 5.58. The number of carboxylic acids is 1.